The van der Waals surface area contributed by atoms with Gasteiger partial charge in [-0.3, -0.25) is 10.0 Å². The van der Waals surface area contributed by atoms with E-state index in [1.807, 2.05) is 25.3 Å². The Balaban J connectivity index is 2.00. The van der Waals surface area contributed by atoms with Crippen molar-refractivity contribution in [1.82, 2.24) is 14.9 Å². The predicted molar refractivity (Wildman–Crippen MR) is 84.2 cm³/mol. The first kappa shape index (κ1) is 14.8. The Kier molecular flexibility index (Phi) is 4.29. The maximum absolute atomic E-state index is 11.3. The lowest BCUT2D eigenvalue weighted by Gasteiger charge is -2.22. The minimum atomic E-state index is -0.469. The lowest BCUT2D eigenvalue weighted by atomic mass is 9.87. The number of amides is 1. The van der Waals surface area contributed by atoms with Gasteiger partial charge in [0.2, 0.25) is 0 Å². The number of carbonyl (C=O) groups excluding carboxylic acids is 1. The van der Waals surface area contributed by atoms with Crippen LogP contribution in [0.3, 0.4) is 0 Å². The van der Waals surface area contributed by atoms with Gasteiger partial charge in [-0.2, -0.15) is 0 Å². The molecule has 0 unspecified atom stereocenters. The van der Waals surface area contributed by atoms with Gasteiger partial charge in [0.25, 0.3) is 5.91 Å². The van der Waals surface area contributed by atoms with Crippen molar-refractivity contribution in [1.29, 1.82) is 0 Å². The zero-order valence-electron chi connectivity index (χ0n) is 12.8. The van der Waals surface area contributed by atoms with E-state index < -0.39 is 5.91 Å². The van der Waals surface area contributed by atoms with Gasteiger partial charge in [0.15, 0.2) is 0 Å². The molecule has 2 aromatic rings. The Bertz CT molecular complexity index is 674. The molecule has 6 nitrogen and oxygen atoms in total. The molecular weight excluding hydrogens is 280 g/mol. The molecule has 1 aliphatic rings. The SMILES string of the molecule is Cc1cccn2c(C3CCCCC3)c(NCC(=O)NO)nc12. The smallest absolute Gasteiger partial charge is 0.262 e. The maximum Gasteiger partial charge on any atom is 0.262 e. The van der Waals surface area contributed by atoms with Crippen LogP contribution in [0, 0.1) is 6.92 Å². The summed E-state index contributed by atoms with van der Waals surface area (Å²) in [5.74, 6) is 0.749. The molecular formula is C16H22N4O2. The van der Waals surface area contributed by atoms with Crippen LogP contribution in [0.15, 0.2) is 18.3 Å². The third-order valence-corrected chi connectivity index (χ3v) is 4.42. The number of hydroxylamine groups is 1. The lowest BCUT2D eigenvalue weighted by molar-refractivity contribution is -0.127. The second-order valence-corrected chi connectivity index (χ2v) is 5.95. The topological polar surface area (TPSA) is 78.7 Å². The molecule has 118 valence electrons. The van der Waals surface area contributed by atoms with E-state index >= 15 is 0 Å². The van der Waals surface area contributed by atoms with Crippen LogP contribution in [0.4, 0.5) is 5.82 Å². The lowest BCUT2D eigenvalue weighted by Crippen LogP contribution is -2.27. The van der Waals surface area contributed by atoms with Gasteiger partial charge in [0.1, 0.15) is 11.5 Å². The molecule has 1 fully saturated rings. The Hall–Kier alpha value is -2.08. The number of nitrogens with one attached hydrogen (secondary N) is 2. The standard InChI is InChI=1S/C16H22N4O2/c1-11-6-5-9-20-14(12-7-3-2-4-8-12)15(18-16(11)20)17-10-13(21)19-22/h5-6,9,12,17,22H,2-4,7-8,10H2,1H3,(H,19,21). The number of fused-ring (bicyclic) bond motifs is 1. The number of rotatable bonds is 4. The van der Waals surface area contributed by atoms with Crippen LogP contribution in [0.2, 0.25) is 0 Å². The number of nitrogens with zero attached hydrogens (tertiary/aromatic N) is 2. The molecule has 6 heteroatoms. The van der Waals surface area contributed by atoms with Gasteiger partial charge < -0.3 is 9.72 Å². The summed E-state index contributed by atoms with van der Waals surface area (Å²) in [5, 5.41) is 11.7. The molecule has 0 radical (unpaired) electrons. The van der Waals surface area contributed by atoms with Gasteiger partial charge in [-0.1, -0.05) is 25.3 Å². The number of carbonyl (C=O) groups is 1. The summed E-state index contributed by atoms with van der Waals surface area (Å²) < 4.78 is 2.14. The number of pyridine rings is 1. The summed E-state index contributed by atoms with van der Waals surface area (Å²) >= 11 is 0. The highest BCUT2D eigenvalue weighted by Crippen LogP contribution is 2.37. The fourth-order valence-corrected chi connectivity index (χ4v) is 3.32. The molecule has 2 aromatic heterocycles. The molecule has 1 saturated carbocycles. The normalized spacial score (nSPS) is 15.9. The second kappa shape index (κ2) is 6.36. The molecule has 0 atom stereocenters. The van der Waals surface area contributed by atoms with Crippen LogP contribution < -0.4 is 10.8 Å². The van der Waals surface area contributed by atoms with Gasteiger partial charge in [-0.25, -0.2) is 10.5 Å². The van der Waals surface area contributed by atoms with E-state index in [4.69, 9.17) is 5.21 Å². The Labute approximate surface area is 129 Å². The van der Waals surface area contributed by atoms with E-state index in [1.165, 1.54) is 19.3 Å². The number of hydrogen-bond acceptors (Lipinski definition) is 4. The van der Waals surface area contributed by atoms with Crippen LogP contribution in [0.1, 0.15) is 49.3 Å². The largest absolute Gasteiger partial charge is 0.359 e. The zero-order valence-corrected chi connectivity index (χ0v) is 12.8. The van der Waals surface area contributed by atoms with Crippen LogP contribution in [-0.4, -0.2) is 27.0 Å². The van der Waals surface area contributed by atoms with Crippen LogP contribution >= 0.6 is 0 Å². The van der Waals surface area contributed by atoms with E-state index in [9.17, 15) is 4.79 Å². The summed E-state index contributed by atoms with van der Waals surface area (Å²) in [5.41, 5.74) is 4.84. The first-order valence-corrected chi connectivity index (χ1v) is 7.85. The highest BCUT2D eigenvalue weighted by atomic mass is 16.5. The van der Waals surface area contributed by atoms with Crippen molar-refractivity contribution < 1.29 is 10.0 Å². The first-order chi connectivity index (χ1) is 10.7. The van der Waals surface area contributed by atoms with E-state index in [-0.39, 0.29) is 6.54 Å². The Morgan fingerprint density at radius 1 is 1.41 bits per heavy atom. The zero-order chi connectivity index (χ0) is 15.5. The molecule has 0 bridgehead atoms. The first-order valence-electron chi connectivity index (χ1n) is 7.85. The quantitative estimate of drug-likeness (QED) is 0.599. The number of anilines is 1. The van der Waals surface area contributed by atoms with Crippen molar-refractivity contribution in [3.8, 4) is 0 Å². The van der Waals surface area contributed by atoms with Gasteiger partial charge in [0.05, 0.1) is 12.2 Å². The van der Waals surface area contributed by atoms with Crippen molar-refractivity contribution in [2.24, 2.45) is 0 Å². The number of hydrogen-bond donors (Lipinski definition) is 3. The van der Waals surface area contributed by atoms with Gasteiger partial charge >= 0.3 is 0 Å². The van der Waals surface area contributed by atoms with Crippen molar-refractivity contribution in [2.75, 3.05) is 11.9 Å². The average Bonchev–Trinajstić information content (AvgIpc) is 2.93. The molecule has 2 heterocycles. The monoisotopic (exact) mass is 302 g/mol. The van der Waals surface area contributed by atoms with Crippen molar-refractivity contribution in [3.63, 3.8) is 0 Å². The van der Waals surface area contributed by atoms with Crippen molar-refractivity contribution >= 4 is 17.4 Å². The number of aryl methyl sites for hydroxylation is 1. The highest BCUT2D eigenvalue weighted by Gasteiger charge is 2.24. The fourth-order valence-electron chi connectivity index (χ4n) is 3.32. The molecule has 22 heavy (non-hydrogen) atoms. The molecule has 0 aromatic carbocycles. The Morgan fingerprint density at radius 2 is 2.18 bits per heavy atom. The third kappa shape index (κ3) is 2.78. The summed E-state index contributed by atoms with van der Waals surface area (Å²) in [7, 11) is 0. The second-order valence-electron chi connectivity index (χ2n) is 5.95. The van der Waals surface area contributed by atoms with E-state index in [1.54, 1.807) is 5.48 Å². The Morgan fingerprint density at radius 3 is 2.91 bits per heavy atom. The van der Waals surface area contributed by atoms with Crippen LogP contribution in [0.5, 0.6) is 0 Å². The van der Waals surface area contributed by atoms with Gasteiger partial charge in [-0.05, 0) is 31.4 Å². The number of imidazole rings is 1. The van der Waals surface area contributed by atoms with Crippen molar-refractivity contribution in [2.45, 2.75) is 44.9 Å². The van der Waals surface area contributed by atoms with Crippen molar-refractivity contribution in [3.05, 3.63) is 29.6 Å². The highest BCUT2D eigenvalue weighted by molar-refractivity contribution is 5.79. The van der Waals surface area contributed by atoms with E-state index in [0.717, 1.165) is 35.6 Å². The molecule has 0 saturated heterocycles. The minimum absolute atomic E-state index is 0.0130. The van der Waals surface area contributed by atoms with Gasteiger partial charge in [-0.15, -0.1) is 0 Å². The average molecular weight is 302 g/mol. The summed E-state index contributed by atoms with van der Waals surface area (Å²) in [4.78, 5) is 16.0. The molecule has 1 amide bonds. The maximum atomic E-state index is 11.3. The molecule has 3 N–H and O–H groups in total. The van der Waals surface area contributed by atoms with E-state index in [0.29, 0.717) is 5.92 Å². The van der Waals surface area contributed by atoms with Crippen LogP contribution in [0.25, 0.3) is 5.65 Å². The molecule has 1 aliphatic carbocycles. The van der Waals surface area contributed by atoms with E-state index in [2.05, 4.69) is 14.7 Å². The number of aromatic nitrogens is 2. The molecule has 0 aliphatic heterocycles. The van der Waals surface area contributed by atoms with Crippen LogP contribution in [-0.2, 0) is 4.79 Å². The molecule has 0 spiro atoms. The summed E-state index contributed by atoms with van der Waals surface area (Å²) in [6, 6.07) is 4.07. The summed E-state index contributed by atoms with van der Waals surface area (Å²) in [6.07, 6.45) is 8.12. The fraction of sp³-hybridized carbons (Fsp3) is 0.500. The third-order valence-electron chi connectivity index (χ3n) is 4.42. The van der Waals surface area contributed by atoms with Gasteiger partial charge in [0, 0.05) is 12.1 Å². The molecule has 3 rings (SSSR count). The summed E-state index contributed by atoms with van der Waals surface area (Å²) in [6.45, 7) is 2.05. The minimum Gasteiger partial charge on any atom is -0.359 e. The predicted octanol–water partition coefficient (Wildman–Crippen LogP) is 2.61.